The van der Waals surface area contributed by atoms with Crippen LogP contribution in [0.5, 0.6) is 0 Å². The minimum absolute atomic E-state index is 0.0480. The Balaban J connectivity index is 1.71. The molecule has 1 saturated heterocycles. The smallest absolute Gasteiger partial charge is 0.331 e. The first kappa shape index (κ1) is 25.4. The maximum absolute atomic E-state index is 14.7. The quantitative estimate of drug-likeness (QED) is 0.407. The fraction of sp³-hybridized carbons (Fsp3) is 0.286. The fourth-order valence-corrected chi connectivity index (χ4v) is 4.77. The minimum Gasteiger partial charge on any atom is -0.331 e. The van der Waals surface area contributed by atoms with Gasteiger partial charge >= 0.3 is 6.18 Å². The van der Waals surface area contributed by atoms with Crippen LogP contribution in [0, 0.1) is 25.6 Å². The monoisotopic (exact) mass is 498 g/mol. The molecule has 0 unspecified atom stereocenters. The van der Waals surface area contributed by atoms with Crippen LogP contribution in [0.25, 0.3) is 0 Å². The van der Waals surface area contributed by atoms with Crippen molar-refractivity contribution in [1.82, 2.24) is 4.90 Å². The summed E-state index contributed by atoms with van der Waals surface area (Å²) in [4.78, 5) is 28.6. The van der Waals surface area contributed by atoms with Gasteiger partial charge in [0.25, 0.3) is 5.91 Å². The largest absolute Gasteiger partial charge is 0.416 e. The highest BCUT2D eigenvalue weighted by Gasteiger charge is 2.40. The third-order valence-corrected chi connectivity index (χ3v) is 6.63. The molecule has 0 aliphatic carbocycles. The van der Waals surface area contributed by atoms with Crippen LogP contribution < -0.4 is 5.32 Å². The summed E-state index contributed by atoms with van der Waals surface area (Å²) in [6.45, 7) is 3.58. The van der Waals surface area contributed by atoms with Gasteiger partial charge in [0.05, 0.1) is 23.1 Å². The molecule has 1 N–H and O–H groups in total. The average Bonchev–Trinajstić information content (AvgIpc) is 2.84. The highest BCUT2D eigenvalue weighted by molar-refractivity contribution is 5.98. The maximum Gasteiger partial charge on any atom is 0.416 e. The van der Waals surface area contributed by atoms with Gasteiger partial charge in [0.15, 0.2) is 0 Å². The van der Waals surface area contributed by atoms with Gasteiger partial charge in [0.2, 0.25) is 5.91 Å². The Hall–Kier alpha value is -3.68. The Morgan fingerprint density at radius 1 is 0.944 bits per heavy atom. The van der Waals surface area contributed by atoms with Crippen molar-refractivity contribution in [2.75, 3.05) is 11.9 Å². The first-order chi connectivity index (χ1) is 17.1. The molecule has 4 rings (SSSR count). The third kappa shape index (κ3) is 5.12. The van der Waals surface area contributed by atoms with E-state index in [2.05, 4.69) is 5.32 Å². The second-order valence-electron chi connectivity index (χ2n) is 9.05. The molecule has 1 aliphatic heterocycles. The average molecular weight is 499 g/mol. The zero-order chi connectivity index (χ0) is 26.0. The van der Waals surface area contributed by atoms with Gasteiger partial charge < -0.3 is 10.2 Å². The lowest BCUT2D eigenvalue weighted by atomic mass is 9.83. The Labute approximate surface area is 206 Å². The number of nitrogens with zero attached hydrogens (tertiary/aromatic N) is 1. The number of carbonyl (C=O) groups excluding carboxylic acids is 2. The van der Waals surface area contributed by atoms with Gasteiger partial charge in [-0.05, 0) is 61.6 Å². The lowest BCUT2D eigenvalue weighted by molar-refractivity contribution is -0.137. The van der Waals surface area contributed by atoms with E-state index in [1.807, 2.05) is 0 Å². The number of hydrogen-bond donors (Lipinski definition) is 1. The number of alkyl halides is 3. The molecule has 0 saturated carbocycles. The number of piperidine rings is 1. The molecule has 1 aliphatic rings. The van der Waals surface area contributed by atoms with Crippen molar-refractivity contribution < 1.29 is 27.2 Å². The zero-order valence-corrected chi connectivity index (χ0v) is 19.9. The van der Waals surface area contributed by atoms with Crippen molar-refractivity contribution >= 4 is 17.5 Å². The van der Waals surface area contributed by atoms with Gasteiger partial charge in [-0.2, -0.15) is 13.2 Å². The number of halogens is 4. The van der Waals surface area contributed by atoms with E-state index in [1.165, 1.54) is 23.1 Å². The molecule has 36 heavy (non-hydrogen) atoms. The number of likely N-dealkylation sites (tertiary alicyclic amines) is 1. The Kier molecular flexibility index (Phi) is 7.15. The van der Waals surface area contributed by atoms with Gasteiger partial charge in [0.1, 0.15) is 5.82 Å². The van der Waals surface area contributed by atoms with Crippen LogP contribution in [0.4, 0.5) is 23.2 Å². The van der Waals surface area contributed by atoms with Gasteiger partial charge in [-0.1, -0.05) is 48.5 Å². The summed E-state index contributed by atoms with van der Waals surface area (Å²) >= 11 is 0. The van der Waals surface area contributed by atoms with Crippen molar-refractivity contribution in [2.24, 2.45) is 5.92 Å². The van der Waals surface area contributed by atoms with E-state index in [0.29, 0.717) is 36.1 Å². The van der Waals surface area contributed by atoms with Crippen molar-refractivity contribution in [3.05, 3.63) is 100 Å². The molecule has 3 aromatic carbocycles. The van der Waals surface area contributed by atoms with Crippen LogP contribution >= 0.6 is 0 Å². The molecule has 2 atom stereocenters. The molecule has 0 spiro atoms. The predicted molar refractivity (Wildman–Crippen MR) is 129 cm³/mol. The number of carbonyl (C=O) groups is 2. The number of rotatable bonds is 4. The molecular weight excluding hydrogens is 472 g/mol. The number of nitrogens with one attached hydrogen (secondary N) is 1. The van der Waals surface area contributed by atoms with Crippen LogP contribution in [0.3, 0.4) is 0 Å². The van der Waals surface area contributed by atoms with E-state index >= 15 is 0 Å². The van der Waals surface area contributed by atoms with Crippen molar-refractivity contribution in [1.29, 1.82) is 0 Å². The van der Waals surface area contributed by atoms with Crippen LogP contribution in [0.1, 0.15) is 51.5 Å². The molecule has 0 bridgehead atoms. The van der Waals surface area contributed by atoms with Gasteiger partial charge in [-0.15, -0.1) is 0 Å². The molecule has 8 heteroatoms. The molecule has 3 aromatic rings. The zero-order valence-electron chi connectivity index (χ0n) is 19.9. The van der Waals surface area contributed by atoms with Gasteiger partial charge in [-0.25, -0.2) is 4.39 Å². The molecule has 1 fully saturated rings. The van der Waals surface area contributed by atoms with Gasteiger partial charge in [-0.3, -0.25) is 9.59 Å². The summed E-state index contributed by atoms with van der Waals surface area (Å²) in [6.07, 6.45) is -3.64. The second kappa shape index (κ2) is 10.1. The van der Waals surface area contributed by atoms with E-state index in [-0.39, 0.29) is 11.3 Å². The third-order valence-electron chi connectivity index (χ3n) is 6.63. The topological polar surface area (TPSA) is 49.4 Å². The minimum atomic E-state index is -4.55. The Bertz CT molecular complexity index is 1250. The van der Waals surface area contributed by atoms with E-state index in [4.69, 9.17) is 0 Å². The highest BCUT2D eigenvalue weighted by Crippen LogP contribution is 2.39. The normalized spacial score (nSPS) is 18.1. The maximum atomic E-state index is 14.7. The first-order valence-corrected chi connectivity index (χ1v) is 11.7. The van der Waals surface area contributed by atoms with Crippen molar-refractivity contribution in [3.63, 3.8) is 0 Å². The van der Waals surface area contributed by atoms with E-state index < -0.39 is 41.3 Å². The number of aryl methyl sites for hydroxylation is 2. The fourth-order valence-electron chi connectivity index (χ4n) is 4.77. The summed E-state index contributed by atoms with van der Waals surface area (Å²) in [7, 11) is 0. The summed E-state index contributed by atoms with van der Waals surface area (Å²) < 4.78 is 54.5. The molecular formula is C28H26F4N2O2. The summed E-state index contributed by atoms with van der Waals surface area (Å²) in [5.74, 6) is -2.40. The summed E-state index contributed by atoms with van der Waals surface area (Å²) in [5.41, 5.74) is 0.818. The van der Waals surface area contributed by atoms with Crippen LogP contribution in [0.2, 0.25) is 0 Å². The lowest BCUT2D eigenvalue weighted by Crippen LogP contribution is -2.46. The standard InChI is InChI=1S/C28H26F4N2O2/c1-17-13-14-20(28(30,31)32)16-23(17)33-26(35)21-11-7-15-34(25(21)19-9-4-3-5-10-19)27(36)24-18(2)8-6-12-22(24)29/h3-6,8-10,12-14,16,21,25H,7,11,15H2,1-2H3,(H,33,35)/t21-,25-/m0/s1. The summed E-state index contributed by atoms with van der Waals surface area (Å²) in [6, 6.07) is 15.8. The number of hydrogen-bond acceptors (Lipinski definition) is 2. The lowest BCUT2D eigenvalue weighted by Gasteiger charge is -2.41. The molecule has 2 amide bonds. The Morgan fingerprint density at radius 3 is 2.33 bits per heavy atom. The predicted octanol–water partition coefficient (Wildman–Crippen LogP) is 6.69. The second-order valence-corrected chi connectivity index (χ2v) is 9.05. The molecule has 0 radical (unpaired) electrons. The van der Waals surface area contributed by atoms with Gasteiger partial charge in [0, 0.05) is 12.2 Å². The van der Waals surface area contributed by atoms with E-state index in [9.17, 15) is 27.2 Å². The molecule has 0 aromatic heterocycles. The molecule has 4 nitrogen and oxygen atoms in total. The van der Waals surface area contributed by atoms with Crippen molar-refractivity contribution in [2.45, 2.75) is 38.9 Å². The van der Waals surface area contributed by atoms with E-state index in [1.54, 1.807) is 50.2 Å². The van der Waals surface area contributed by atoms with Crippen LogP contribution in [-0.2, 0) is 11.0 Å². The number of amides is 2. The molecule has 188 valence electrons. The van der Waals surface area contributed by atoms with Crippen LogP contribution in [-0.4, -0.2) is 23.3 Å². The highest BCUT2D eigenvalue weighted by atomic mass is 19.4. The SMILES string of the molecule is Cc1ccc(C(F)(F)F)cc1NC(=O)[C@H]1CCCN(C(=O)c2c(C)cccc2F)[C@H]1c1ccccc1. The number of anilines is 1. The van der Waals surface area contributed by atoms with Crippen molar-refractivity contribution in [3.8, 4) is 0 Å². The number of benzene rings is 3. The van der Waals surface area contributed by atoms with Crippen LogP contribution in [0.15, 0.2) is 66.7 Å². The summed E-state index contributed by atoms with van der Waals surface area (Å²) in [5, 5.41) is 2.66. The first-order valence-electron chi connectivity index (χ1n) is 11.7. The molecule has 1 heterocycles. The Morgan fingerprint density at radius 2 is 1.67 bits per heavy atom. The van der Waals surface area contributed by atoms with E-state index in [0.717, 1.165) is 12.1 Å².